The van der Waals surface area contributed by atoms with Crippen molar-refractivity contribution in [3.8, 4) is 5.75 Å². The van der Waals surface area contributed by atoms with Crippen LogP contribution in [0.3, 0.4) is 0 Å². The minimum absolute atomic E-state index is 0.144. The van der Waals surface area contributed by atoms with Gasteiger partial charge in [0.05, 0.1) is 10.7 Å². The molecule has 0 saturated carbocycles. The zero-order valence-corrected chi connectivity index (χ0v) is 10.6. The van der Waals surface area contributed by atoms with Gasteiger partial charge in [0.1, 0.15) is 5.75 Å². The van der Waals surface area contributed by atoms with Gasteiger partial charge in [0.2, 0.25) is 5.91 Å². The SMILES string of the molecule is COc1ccc(C2CNC(=O)C2)cc1I. The van der Waals surface area contributed by atoms with Gasteiger partial charge in [-0.25, -0.2) is 0 Å². The highest BCUT2D eigenvalue weighted by Gasteiger charge is 2.23. The summed E-state index contributed by atoms with van der Waals surface area (Å²) in [6, 6.07) is 6.08. The van der Waals surface area contributed by atoms with Crippen molar-refractivity contribution >= 4 is 28.5 Å². The number of amides is 1. The van der Waals surface area contributed by atoms with E-state index in [1.807, 2.05) is 12.1 Å². The van der Waals surface area contributed by atoms with Gasteiger partial charge in [-0.2, -0.15) is 0 Å². The number of hydrogen-bond donors (Lipinski definition) is 1. The number of carbonyl (C=O) groups is 1. The second-order valence-corrected chi connectivity index (χ2v) is 4.76. The highest BCUT2D eigenvalue weighted by Crippen LogP contribution is 2.28. The van der Waals surface area contributed by atoms with Crippen LogP contribution in [-0.4, -0.2) is 19.6 Å². The van der Waals surface area contributed by atoms with Crippen molar-refractivity contribution in [2.75, 3.05) is 13.7 Å². The Morgan fingerprint density at radius 3 is 2.87 bits per heavy atom. The standard InChI is InChI=1S/C11H12INO2/c1-15-10-3-2-7(4-9(10)12)8-5-11(14)13-6-8/h2-4,8H,5-6H2,1H3,(H,13,14). The van der Waals surface area contributed by atoms with E-state index in [9.17, 15) is 4.79 Å². The molecule has 1 heterocycles. The summed E-state index contributed by atoms with van der Waals surface area (Å²) in [4.78, 5) is 11.1. The Bertz CT molecular complexity index is 392. The molecule has 1 aliphatic heterocycles. The fourth-order valence-electron chi connectivity index (χ4n) is 1.78. The third kappa shape index (κ3) is 2.25. The van der Waals surface area contributed by atoms with Crippen molar-refractivity contribution in [3.63, 3.8) is 0 Å². The molecule has 1 N–H and O–H groups in total. The third-order valence-electron chi connectivity index (χ3n) is 2.62. The summed E-state index contributed by atoms with van der Waals surface area (Å²) >= 11 is 2.25. The van der Waals surface area contributed by atoms with Gasteiger partial charge in [-0.15, -0.1) is 0 Å². The van der Waals surface area contributed by atoms with Crippen LogP contribution in [0.15, 0.2) is 18.2 Å². The number of carbonyl (C=O) groups excluding carboxylic acids is 1. The summed E-state index contributed by atoms with van der Waals surface area (Å²) in [6.45, 7) is 0.751. The second kappa shape index (κ2) is 4.38. The van der Waals surface area contributed by atoms with Crippen LogP contribution >= 0.6 is 22.6 Å². The molecule has 0 radical (unpaired) electrons. The van der Waals surface area contributed by atoms with Crippen molar-refractivity contribution in [3.05, 3.63) is 27.3 Å². The van der Waals surface area contributed by atoms with Gasteiger partial charge < -0.3 is 10.1 Å². The smallest absolute Gasteiger partial charge is 0.220 e. The summed E-state index contributed by atoms with van der Waals surface area (Å²) in [5.41, 5.74) is 1.21. The summed E-state index contributed by atoms with van der Waals surface area (Å²) in [5, 5.41) is 2.84. The van der Waals surface area contributed by atoms with E-state index in [4.69, 9.17) is 4.74 Å². The molecule has 3 nitrogen and oxygen atoms in total. The topological polar surface area (TPSA) is 38.3 Å². The quantitative estimate of drug-likeness (QED) is 0.846. The molecule has 2 rings (SSSR count). The van der Waals surface area contributed by atoms with E-state index in [2.05, 4.69) is 34.0 Å². The lowest BCUT2D eigenvalue weighted by molar-refractivity contribution is -0.119. The van der Waals surface area contributed by atoms with Crippen LogP contribution in [0.4, 0.5) is 0 Å². The first-order valence-electron chi connectivity index (χ1n) is 4.81. The van der Waals surface area contributed by atoms with Crippen LogP contribution in [-0.2, 0) is 4.79 Å². The fourth-order valence-corrected chi connectivity index (χ4v) is 2.54. The molecule has 1 aliphatic rings. The summed E-state index contributed by atoms with van der Waals surface area (Å²) in [6.07, 6.45) is 0.600. The fraction of sp³-hybridized carbons (Fsp3) is 0.364. The van der Waals surface area contributed by atoms with Gasteiger partial charge in [-0.1, -0.05) is 6.07 Å². The first kappa shape index (κ1) is 10.7. The van der Waals surface area contributed by atoms with Gasteiger partial charge >= 0.3 is 0 Å². The lowest BCUT2D eigenvalue weighted by atomic mass is 9.98. The van der Waals surface area contributed by atoms with Gasteiger partial charge in [0.15, 0.2) is 0 Å². The van der Waals surface area contributed by atoms with Gasteiger partial charge in [-0.05, 0) is 40.3 Å². The number of halogens is 1. The molecule has 1 amide bonds. The van der Waals surface area contributed by atoms with Crippen LogP contribution in [0.5, 0.6) is 5.75 Å². The number of benzene rings is 1. The number of nitrogens with one attached hydrogen (secondary N) is 1. The zero-order valence-electron chi connectivity index (χ0n) is 8.42. The third-order valence-corrected chi connectivity index (χ3v) is 3.47. The first-order chi connectivity index (χ1) is 7.20. The normalized spacial score (nSPS) is 20.1. The molecule has 0 aliphatic carbocycles. The van der Waals surface area contributed by atoms with E-state index in [1.165, 1.54) is 5.56 Å². The molecule has 0 spiro atoms. The Morgan fingerprint density at radius 2 is 2.33 bits per heavy atom. The van der Waals surface area contributed by atoms with Crippen molar-refractivity contribution in [2.45, 2.75) is 12.3 Å². The molecule has 80 valence electrons. The van der Waals surface area contributed by atoms with E-state index in [0.29, 0.717) is 12.3 Å². The van der Waals surface area contributed by atoms with Crippen LogP contribution in [0.1, 0.15) is 17.9 Å². The Hall–Kier alpha value is -0.780. The van der Waals surface area contributed by atoms with E-state index >= 15 is 0 Å². The van der Waals surface area contributed by atoms with Crippen molar-refractivity contribution in [1.82, 2.24) is 5.32 Å². The second-order valence-electron chi connectivity index (χ2n) is 3.60. The predicted molar refractivity (Wildman–Crippen MR) is 66.1 cm³/mol. The Kier molecular flexibility index (Phi) is 3.14. The van der Waals surface area contributed by atoms with Gasteiger partial charge in [-0.3, -0.25) is 4.79 Å². The number of methoxy groups -OCH3 is 1. The summed E-state index contributed by atoms with van der Waals surface area (Å²) in [7, 11) is 1.66. The first-order valence-corrected chi connectivity index (χ1v) is 5.88. The lowest BCUT2D eigenvalue weighted by Gasteiger charge is -2.10. The van der Waals surface area contributed by atoms with E-state index < -0.39 is 0 Å². The monoisotopic (exact) mass is 317 g/mol. The molecule has 1 atom stereocenters. The molecule has 0 aromatic heterocycles. The molecule has 1 fully saturated rings. The molecule has 1 aromatic carbocycles. The minimum Gasteiger partial charge on any atom is -0.496 e. The molecular formula is C11H12INO2. The van der Waals surface area contributed by atoms with Gasteiger partial charge in [0.25, 0.3) is 0 Å². The van der Waals surface area contributed by atoms with E-state index in [1.54, 1.807) is 7.11 Å². The van der Waals surface area contributed by atoms with E-state index in [-0.39, 0.29) is 5.91 Å². The van der Waals surface area contributed by atoms with Crippen LogP contribution in [0.2, 0.25) is 0 Å². The number of rotatable bonds is 2. The van der Waals surface area contributed by atoms with Crippen molar-refractivity contribution in [2.24, 2.45) is 0 Å². The maximum absolute atomic E-state index is 11.1. The summed E-state index contributed by atoms with van der Waals surface area (Å²) in [5.74, 6) is 1.35. The Balaban J connectivity index is 2.22. The maximum atomic E-state index is 11.1. The highest BCUT2D eigenvalue weighted by atomic mass is 127. The average molecular weight is 317 g/mol. The molecule has 4 heteroatoms. The van der Waals surface area contributed by atoms with Crippen molar-refractivity contribution in [1.29, 1.82) is 0 Å². The Morgan fingerprint density at radius 1 is 1.53 bits per heavy atom. The molecule has 15 heavy (non-hydrogen) atoms. The largest absolute Gasteiger partial charge is 0.496 e. The maximum Gasteiger partial charge on any atom is 0.220 e. The van der Waals surface area contributed by atoms with Gasteiger partial charge in [0, 0.05) is 18.9 Å². The molecule has 1 aromatic rings. The number of ether oxygens (including phenoxy) is 1. The van der Waals surface area contributed by atoms with Crippen LogP contribution < -0.4 is 10.1 Å². The zero-order chi connectivity index (χ0) is 10.8. The van der Waals surface area contributed by atoms with Crippen molar-refractivity contribution < 1.29 is 9.53 Å². The van der Waals surface area contributed by atoms with Crippen LogP contribution in [0, 0.1) is 3.57 Å². The predicted octanol–water partition coefficient (Wildman–Crippen LogP) is 1.90. The highest BCUT2D eigenvalue weighted by molar-refractivity contribution is 14.1. The molecule has 1 saturated heterocycles. The number of hydrogen-bond acceptors (Lipinski definition) is 2. The van der Waals surface area contributed by atoms with E-state index in [0.717, 1.165) is 15.9 Å². The average Bonchev–Trinajstić information content (AvgIpc) is 2.65. The Labute approximate surface area is 102 Å². The molecule has 1 unspecified atom stereocenters. The van der Waals surface area contributed by atoms with Crippen LogP contribution in [0.25, 0.3) is 0 Å². The molecular weight excluding hydrogens is 305 g/mol. The minimum atomic E-state index is 0.144. The summed E-state index contributed by atoms with van der Waals surface area (Å²) < 4.78 is 6.28. The molecule has 0 bridgehead atoms. The lowest BCUT2D eigenvalue weighted by Crippen LogP contribution is -2.13.